The quantitative estimate of drug-likeness (QED) is 0.681. The summed E-state index contributed by atoms with van der Waals surface area (Å²) in [7, 11) is 0. The monoisotopic (exact) mass is 485 g/mol. The third-order valence-corrected chi connectivity index (χ3v) is 7.35. The molecule has 1 aromatic heterocycles. The molecule has 13 heteroatoms. The van der Waals surface area contributed by atoms with Crippen LogP contribution in [-0.2, 0) is 16.1 Å². The lowest BCUT2D eigenvalue weighted by molar-refractivity contribution is -0.153. The summed E-state index contributed by atoms with van der Waals surface area (Å²) in [6.45, 7) is 0.645. The van der Waals surface area contributed by atoms with Crippen LogP contribution in [0.25, 0.3) is 0 Å². The number of amides is 1. The van der Waals surface area contributed by atoms with E-state index in [1.54, 1.807) is 0 Å². The maximum atomic E-state index is 14.0. The van der Waals surface area contributed by atoms with E-state index in [4.69, 9.17) is 9.84 Å². The van der Waals surface area contributed by atoms with E-state index in [0.29, 0.717) is 19.0 Å². The summed E-state index contributed by atoms with van der Waals surface area (Å²) in [6.07, 6.45) is -4.73. The first-order chi connectivity index (χ1) is 16.1. The van der Waals surface area contributed by atoms with Crippen LogP contribution in [0, 0.1) is 5.92 Å². The number of hydrogen-bond acceptors (Lipinski definition) is 7. The van der Waals surface area contributed by atoms with Crippen molar-refractivity contribution in [3.8, 4) is 0 Å². The van der Waals surface area contributed by atoms with Gasteiger partial charge in [0.1, 0.15) is 11.9 Å². The van der Waals surface area contributed by atoms with Crippen molar-refractivity contribution < 1.29 is 32.6 Å². The second-order valence-electron chi connectivity index (χ2n) is 9.39. The van der Waals surface area contributed by atoms with Gasteiger partial charge in [-0.3, -0.25) is 14.2 Å². The van der Waals surface area contributed by atoms with E-state index in [1.807, 2.05) is 4.90 Å². The molecule has 0 spiro atoms. The molecule has 4 aliphatic heterocycles. The number of alkyl halides is 3. The van der Waals surface area contributed by atoms with E-state index >= 15 is 0 Å². The van der Waals surface area contributed by atoms with Gasteiger partial charge >= 0.3 is 12.3 Å². The summed E-state index contributed by atoms with van der Waals surface area (Å²) in [5, 5.41) is 9.09. The van der Waals surface area contributed by atoms with Crippen molar-refractivity contribution in [3.05, 3.63) is 16.4 Å². The molecule has 4 aliphatic rings. The minimum Gasteiger partial charge on any atom is -0.465 e. The van der Waals surface area contributed by atoms with Crippen LogP contribution < -0.4 is 15.4 Å². The van der Waals surface area contributed by atoms with Crippen molar-refractivity contribution in [1.82, 2.24) is 14.5 Å². The molecule has 0 aromatic carbocycles. The Labute approximate surface area is 192 Å². The molecule has 10 nitrogen and oxygen atoms in total. The standard InChI is InChI=1S/C21H26F3N5O5/c22-21(23,24)16-3-6-27-18(31)8-17(28-9-14-7-13(28)11-34-14)25-19(27)29(16)10-15(30)12-1-4-26(5-2-12)20(32)33/h8,12-14,16H,1-7,9-11H2,(H,32,33). The molecule has 0 saturated carbocycles. The summed E-state index contributed by atoms with van der Waals surface area (Å²) in [5.74, 6) is -0.777. The molecule has 5 rings (SSSR count). The number of morpholine rings is 1. The minimum atomic E-state index is -4.60. The molecule has 0 aliphatic carbocycles. The average Bonchev–Trinajstić information content (AvgIpc) is 3.42. The summed E-state index contributed by atoms with van der Waals surface area (Å²) in [5.41, 5.74) is -0.448. The number of Topliss-reactive ketones (excluding diaryl/α,β-unsaturated/α-hetero) is 1. The van der Waals surface area contributed by atoms with Crippen molar-refractivity contribution in [3.63, 3.8) is 0 Å². The Hall–Kier alpha value is -2.83. The minimum absolute atomic E-state index is 0.0165. The number of carbonyl (C=O) groups excluding carboxylic acids is 1. The molecule has 1 N–H and O–H groups in total. The normalized spacial score (nSPS) is 27.3. The molecule has 3 atom stereocenters. The van der Waals surface area contributed by atoms with Gasteiger partial charge in [-0.2, -0.15) is 18.2 Å². The van der Waals surface area contributed by atoms with E-state index in [9.17, 15) is 27.6 Å². The van der Waals surface area contributed by atoms with Crippen molar-refractivity contribution in [1.29, 1.82) is 0 Å². The zero-order valence-corrected chi connectivity index (χ0v) is 18.4. The molecule has 1 amide bonds. The number of piperidine rings is 1. The van der Waals surface area contributed by atoms with Crippen LogP contribution >= 0.6 is 0 Å². The van der Waals surface area contributed by atoms with E-state index in [1.165, 1.54) is 15.5 Å². The largest absolute Gasteiger partial charge is 0.465 e. The lowest BCUT2D eigenvalue weighted by atomic mass is 9.92. The Bertz CT molecular complexity index is 1040. The molecule has 186 valence electrons. The van der Waals surface area contributed by atoms with Gasteiger partial charge in [0.25, 0.3) is 5.56 Å². The van der Waals surface area contributed by atoms with Crippen LogP contribution in [0.5, 0.6) is 0 Å². The lowest BCUT2D eigenvalue weighted by Crippen LogP contribution is -2.55. The predicted molar refractivity (Wildman–Crippen MR) is 113 cm³/mol. The molecule has 3 fully saturated rings. The highest BCUT2D eigenvalue weighted by molar-refractivity contribution is 5.86. The number of ketones is 1. The van der Waals surface area contributed by atoms with Crippen molar-refractivity contribution in [2.24, 2.45) is 5.92 Å². The number of anilines is 2. The van der Waals surface area contributed by atoms with Crippen LogP contribution in [-0.4, -0.2) is 88.6 Å². The lowest BCUT2D eigenvalue weighted by Gasteiger charge is -2.40. The SMILES string of the molecule is O=C(CN1c2nc(N3CC4CC3CO4)cc(=O)n2CCC1C(F)(F)F)C1CCN(C(=O)O)CC1. The van der Waals surface area contributed by atoms with Crippen LogP contribution in [0.15, 0.2) is 10.9 Å². The van der Waals surface area contributed by atoms with Gasteiger partial charge in [0, 0.05) is 38.2 Å². The second-order valence-corrected chi connectivity index (χ2v) is 9.39. The number of hydrogen-bond donors (Lipinski definition) is 1. The van der Waals surface area contributed by atoms with Crippen LogP contribution in [0.3, 0.4) is 0 Å². The number of halogens is 3. The van der Waals surface area contributed by atoms with Crippen LogP contribution in [0.2, 0.25) is 0 Å². The first-order valence-electron chi connectivity index (χ1n) is 11.5. The van der Waals surface area contributed by atoms with Gasteiger partial charge in [-0.1, -0.05) is 0 Å². The molecular weight excluding hydrogens is 459 g/mol. The third kappa shape index (κ3) is 4.10. The van der Waals surface area contributed by atoms with Crippen molar-refractivity contribution >= 4 is 23.6 Å². The Balaban J connectivity index is 1.43. The number of nitrogens with zero attached hydrogens (tertiary/aromatic N) is 5. The number of aromatic nitrogens is 2. The summed E-state index contributed by atoms with van der Waals surface area (Å²) < 4.78 is 48.7. The van der Waals surface area contributed by atoms with E-state index in [-0.39, 0.29) is 57.0 Å². The third-order valence-electron chi connectivity index (χ3n) is 7.35. The maximum Gasteiger partial charge on any atom is 0.408 e. The Morgan fingerprint density at radius 1 is 1.18 bits per heavy atom. The zero-order chi connectivity index (χ0) is 24.2. The fourth-order valence-corrected chi connectivity index (χ4v) is 5.50. The highest BCUT2D eigenvalue weighted by Crippen LogP contribution is 2.36. The molecular formula is C21H26F3N5O5. The molecule has 3 unspecified atom stereocenters. The zero-order valence-electron chi connectivity index (χ0n) is 18.4. The fraction of sp³-hybridized carbons (Fsp3) is 0.714. The van der Waals surface area contributed by atoms with Gasteiger partial charge in [0.15, 0.2) is 5.78 Å². The molecule has 0 radical (unpaired) electrons. The molecule has 1 aromatic rings. The summed E-state index contributed by atoms with van der Waals surface area (Å²) >= 11 is 0. The highest BCUT2D eigenvalue weighted by Gasteiger charge is 2.48. The van der Waals surface area contributed by atoms with Crippen LogP contribution in [0.1, 0.15) is 25.7 Å². The molecule has 34 heavy (non-hydrogen) atoms. The summed E-state index contributed by atoms with van der Waals surface area (Å²) in [4.78, 5) is 45.5. The van der Waals surface area contributed by atoms with Gasteiger partial charge in [-0.05, 0) is 25.7 Å². The van der Waals surface area contributed by atoms with E-state index in [0.717, 1.165) is 11.3 Å². The number of ether oxygens (including phenoxy) is 1. The topological polar surface area (TPSA) is 108 Å². The molecule has 5 heterocycles. The predicted octanol–water partition coefficient (Wildman–Crippen LogP) is 1.32. The average molecular weight is 485 g/mol. The number of carboxylic acid groups (broad SMARTS) is 1. The Kier molecular flexibility index (Phi) is 5.69. The fourth-order valence-electron chi connectivity index (χ4n) is 5.50. The van der Waals surface area contributed by atoms with Crippen LogP contribution in [0.4, 0.5) is 29.7 Å². The second kappa shape index (κ2) is 8.43. The number of carbonyl (C=O) groups is 2. The van der Waals surface area contributed by atoms with Gasteiger partial charge in [-0.15, -0.1) is 0 Å². The van der Waals surface area contributed by atoms with E-state index in [2.05, 4.69) is 4.98 Å². The molecule has 3 saturated heterocycles. The van der Waals surface area contributed by atoms with Gasteiger partial charge in [-0.25, -0.2) is 4.79 Å². The molecule has 2 bridgehead atoms. The first kappa shape index (κ1) is 22.9. The number of fused-ring (bicyclic) bond motifs is 3. The van der Waals surface area contributed by atoms with Crippen molar-refractivity contribution in [2.45, 2.75) is 56.6 Å². The van der Waals surface area contributed by atoms with Gasteiger partial charge in [0.05, 0.1) is 25.3 Å². The summed E-state index contributed by atoms with van der Waals surface area (Å²) in [6, 6.07) is -0.563. The smallest absolute Gasteiger partial charge is 0.408 e. The Morgan fingerprint density at radius 3 is 2.50 bits per heavy atom. The highest BCUT2D eigenvalue weighted by atomic mass is 19.4. The van der Waals surface area contributed by atoms with Gasteiger partial charge in [0.2, 0.25) is 5.95 Å². The number of rotatable bonds is 4. The number of likely N-dealkylation sites (tertiary alicyclic amines) is 1. The van der Waals surface area contributed by atoms with E-state index < -0.39 is 42.1 Å². The van der Waals surface area contributed by atoms with Crippen molar-refractivity contribution in [2.75, 3.05) is 42.6 Å². The van der Waals surface area contributed by atoms with Gasteiger partial charge < -0.3 is 24.5 Å². The maximum absolute atomic E-state index is 14.0. The first-order valence-corrected chi connectivity index (χ1v) is 11.5. The Morgan fingerprint density at radius 2 is 1.91 bits per heavy atom.